The number of hydrogen-bond donors (Lipinski definition) is 1. The Balaban J connectivity index is 1.57. The summed E-state index contributed by atoms with van der Waals surface area (Å²) >= 11 is 0. The van der Waals surface area contributed by atoms with Gasteiger partial charge in [-0.1, -0.05) is 12.1 Å². The van der Waals surface area contributed by atoms with Gasteiger partial charge in [-0.15, -0.1) is 0 Å². The van der Waals surface area contributed by atoms with Gasteiger partial charge < -0.3 is 19.9 Å². The van der Waals surface area contributed by atoms with Crippen molar-refractivity contribution in [3.05, 3.63) is 35.6 Å². The summed E-state index contributed by atoms with van der Waals surface area (Å²) in [4.78, 5) is 21.1. The summed E-state index contributed by atoms with van der Waals surface area (Å²) in [6.07, 6.45) is 1.54. The number of carbonyl (C=O) groups excluding carboxylic acids is 1. The molecule has 2 heterocycles. The van der Waals surface area contributed by atoms with Gasteiger partial charge in [0, 0.05) is 39.3 Å². The molecule has 0 spiro atoms. The molecule has 2 aliphatic heterocycles. The van der Waals surface area contributed by atoms with Crippen LogP contribution in [0.1, 0.15) is 25.3 Å². The average Bonchev–Trinajstić information content (AvgIpc) is 3.19. The smallest absolute Gasteiger partial charge is 0.251 e. The van der Waals surface area contributed by atoms with Gasteiger partial charge in [-0.2, -0.15) is 0 Å². The average molecular weight is 362 g/mol. The van der Waals surface area contributed by atoms with E-state index in [0.717, 1.165) is 44.0 Å². The minimum Gasteiger partial charge on any atom is -0.368 e. The molecule has 1 aromatic carbocycles. The summed E-state index contributed by atoms with van der Waals surface area (Å²) in [5.74, 6) is 0.675. The van der Waals surface area contributed by atoms with Crippen LogP contribution < -0.4 is 5.32 Å². The van der Waals surface area contributed by atoms with Crippen LogP contribution in [0.15, 0.2) is 29.3 Å². The number of guanidine groups is 1. The fourth-order valence-electron chi connectivity index (χ4n) is 3.34. The Hall–Kier alpha value is -2.15. The molecule has 6 nitrogen and oxygen atoms in total. The predicted molar refractivity (Wildman–Crippen MR) is 98.3 cm³/mol. The van der Waals surface area contributed by atoms with Crippen LogP contribution in [0, 0.1) is 5.82 Å². The van der Waals surface area contributed by atoms with Crippen molar-refractivity contribution >= 4 is 11.9 Å². The van der Waals surface area contributed by atoms with Crippen LogP contribution in [0.2, 0.25) is 0 Å². The molecule has 1 atom stereocenters. The molecule has 1 unspecified atom stereocenters. The Morgan fingerprint density at radius 3 is 2.73 bits per heavy atom. The van der Waals surface area contributed by atoms with Gasteiger partial charge >= 0.3 is 0 Å². The van der Waals surface area contributed by atoms with Gasteiger partial charge in [0.15, 0.2) is 5.96 Å². The molecule has 0 aromatic heterocycles. The summed E-state index contributed by atoms with van der Waals surface area (Å²) in [5.41, 5.74) is 0.840. The van der Waals surface area contributed by atoms with Crippen LogP contribution in [0.5, 0.6) is 0 Å². The molecular formula is C19H27FN4O2. The first-order valence-electron chi connectivity index (χ1n) is 9.35. The number of carbonyl (C=O) groups is 1. The van der Waals surface area contributed by atoms with E-state index in [1.54, 1.807) is 6.07 Å². The van der Waals surface area contributed by atoms with E-state index in [1.807, 2.05) is 17.9 Å². The lowest BCUT2D eigenvalue weighted by atomic mass is 10.2. The van der Waals surface area contributed by atoms with Gasteiger partial charge in [0.1, 0.15) is 11.9 Å². The van der Waals surface area contributed by atoms with Crippen molar-refractivity contribution < 1.29 is 13.9 Å². The molecule has 3 rings (SSSR count). The van der Waals surface area contributed by atoms with E-state index in [4.69, 9.17) is 4.74 Å². The second-order valence-electron chi connectivity index (χ2n) is 6.61. The number of rotatable bonds is 4. The van der Waals surface area contributed by atoms with Gasteiger partial charge in [0.25, 0.3) is 5.91 Å². The molecule has 1 aromatic rings. The van der Waals surface area contributed by atoms with E-state index in [0.29, 0.717) is 26.2 Å². The van der Waals surface area contributed by atoms with Crippen LogP contribution in [0.25, 0.3) is 0 Å². The summed E-state index contributed by atoms with van der Waals surface area (Å²) < 4.78 is 18.8. The number of benzene rings is 1. The summed E-state index contributed by atoms with van der Waals surface area (Å²) in [6, 6.07) is 6.50. The maximum absolute atomic E-state index is 13.3. The van der Waals surface area contributed by atoms with Crippen molar-refractivity contribution in [1.29, 1.82) is 0 Å². The molecule has 7 heteroatoms. The first-order valence-corrected chi connectivity index (χ1v) is 9.35. The third-order valence-electron chi connectivity index (χ3n) is 4.73. The maximum atomic E-state index is 13.3. The highest BCUT2D eigenvalue weighted by Crippen LogP contribution is 2.16. The molecule has 142 valence electrons. The number of hydrogen-bond acceptors (Lipinski definition) is 3. The number of amides is 1. The first-order chi connectivity index (χ1) is 12.7. The largest absolute Gasteiger partial charge is 0.368 e. The molecule has 1 amide bonds. The highest BCUT2D eigenvalue weighted by Gasteiger charge is 2.30. The summed E-state index contributed by atoms with van der Waals surface area (Å²) in [5, 5.41) is 3.29. The molecular weight excluding hydrogens is 335 g/mol. The Labute approximate surface area is 154 Å². The standard InChI is InChI=1S/C19H27FN4O2/c1-2-21-19(22-14-15-5-3-6-16(20)13-15)24-10-8-23(9-11-24)18(25)17-7-4-12-26-17/h3,5-6,13,17H,2,4,7-12,14H2,1H3,(H,21,22). The van der Waals surface area contributed by atoms with Crippen LogP contribution in [0.3, 0.4) is 0 Å². The molecule has 1 N–H and O–H groups in total. The van der Waals surface area contributed by atoms with Crippen LogP contribution in [-0.2, 0) is 16.1 Å². The quantitative estimate of drug-likeness (QED) is 0.653. The van der Waals surface area contributed by atoms with Crippen molar-refractivity contribution in [3.8, 4) is 0 Å². The lowest BCUT2D eigenvalue weighted by molar-refractivity contribution is -0.142. The Morgan fingerprint density at radius 2 is 2.08 bits per heavy atom. The van der Waals surface area contributed by atoms with Gasteiger partial charge in [-0.25, -0.2) is 9.38 Å². The lowest BCUT2D eigenvalue weighted by Gasteiger charge is -2.37. The third kappa shape index (κ3) is 4.72. The van der Waals surface area contributed by atoms with E-state index in [1.165, 1.54) is 12.1 Å². The van der Waals surface area contributed by atoms with Gasteiger partial charge in [-0.05, 0) is 37.5 Å². The number of halogens is 1. The van der Waals surface area contributed by atoms with Crippen molar-refractivity contribution in [1.82, 2.24) is 15.1 Å². The van der Waals surface area contributed by atoms with E-state index in [-0.39, 0.29) is 17.8 Å². The second kappa shape index (κ2) is 8.98. The number of aliphatic imine (C=N–C) groups is 1. The first kappa shape index (κ1) is 18.6. The number of nitrogens with one attached hydrogen (secondary N) is 1. The van der Waals surface area contributed by atoms with Crippen LogP contribution >= 0.6 is 0 Å². The monoisotopic (exact) mass is 362 g/mol. The fourth-order valence-corrected chi connectivity index (χ4v) is 3.34. The lowest BCUT2D eigenvalue weighted by Crippen LogP contribution is -2.55. The van der Waals surface area contributed by atoms with Crippen LogP contribution in [0.4, 0.5) is 4.39 Å². The highest BCUT2D eigenvalue weighted by atomic mass is 19.1. The Kier molecular flexibility index (Phi) is 6.44. The molecule has 2 fully saturated rings. The van der Waals surface area contributed by atoms with E-state index < -0.39 is 0 Å². The van der Waals surface area contributed by atoms with Gasteiger partial charge in [0.05, 0.1) is 6.54 Å². The zero-order valence-electron chi connectivity index (χ0n) is 15.3. The molecule has 2 aliphatic rings. The van der Waals surface area contributed by atoms with Gasteiger partial charge in [0.2, 0.25) is 0 Å². The number of nitrogens with zero attached hydrogens (tertiary/aromatic N) is 3. The zero-order chi connectivity index (χ0) is 18.4. The van der Waals surface area contributed by atoms with Crippen molar-refractivity contribution in [3.63, 3.8) is 0 Å². The zero-order valence-corrected chi connectivity index (χ0v) is 15.3. The molecule has 2 saturated heterocycles. The summed E-state index contributed by atoms with van der Waals surface area (Å²) in [6.45, 7) is 6.70. The maximum Gasteiger partial charge on any atom is 0.251 e. The van der Waals surface area contributed by atoms with Crippen molar-refractivity contribution in [2.75, 3.05) is 39.3 Å². The van der Waals surface area contributed by atoms with E-state index in [2.05, 4.69) is 15.2 Å². The fraction of sp³-hybridized carbons (Fsp3) is 0.579. The Morgan fingerprint density at radius 1 is 1.31 bits per heavy atom. The number of ether oxygens (including phenoxy) is 1. The number of piperazine rings is 1. The van der Waals surface area contributed by atoms with Crippen LogP contribution in [-0.4, -0.2) is 67.1 Å². The third-order valence-corrected chi connectivity index (χ3v) is 4.73. The molecule has 0 bridgehead atoms. The van der Waals surface area contributed by atoms with Crippen molar-refractivity contribution in [2.24, 2.45) is 4.99 Å². The van der Waals surface area contributed by atoms with E-state index in [9.17, 15) is 9.18 Å². The molecule has 0 radical (unpaired) electrons. The predicted octanol–water partition coefficient (Wildman–Crippen LogP) is 1.61. The van der Waals surface area contributed by atoms with E-state index >= 15 is 0 Å². The topological polar surface area (TPSA) is 57.2 Å². The normalized spacial score (nSPS) is 21.2. The second-order valence-corrected chi connectivity index (χ2v) is 6.61. The molecule has 0 aliphatic carbocycles. The molecule has 0 saturated carbocycles. The summed E-state index contributed by atoms with van der Waals surface area (Å²) in [7, 11) is 0. The van der Waals surface area contributed by atoms with Gasteiger partial charge in [-0.3, -0.25) is 4.79 Å². The minimum atomic E-state index is -0.253. The molecule has 26 heavy (non-hydrogen) atoms. The SMILES string of the molecule is CCNC(=NCc1cccc(F)c1)N1CCN(C(=O)C2CCCO2)CC1. The Bertz CT molecular complexity index is 638. The minimum absolute atomic E-state index is 0.115. The van der Waals surface area contributed by atoms with Crippen molar-refractivity contribution in [2.45, 2.75) is 32.4 Å². The highest BCUT2D eigenvalue weighted by molar-refractivity contribution is 5.82.